The Labute approximate surface area is 163 Å². The standard InChI is InChI=1S/C22H22N4O2/c1-3-28-18-11-10-17(14-19(18)27-2)20-21(24-15-16-8-5-4-6-9-16)26-13-7-12-23-22(26)25-20/h4-14,24H,3,15H2,1-2H3. The van der Waals surface area contributed by atoms with Crippen molar-refractivity contribution in [2.45, 2.75) is 13.5 Å². The van der Waals surface area contributed by atoms with E-state index in [2.05, 4.69) is 22.4 Å². The molecule has 0 amide bonds. The molecular weight excluding hydrogens is 352 g/mol. The molecule has 0 aliphatic rings. The Morgan fingerprint density at radius 2 is 1.89 bits per heavy atom. The van der Waals surface area contributed by atoms with Crippen molar-refractivity contribution in [2.75, 3.05) is 19.0 Å². The van der Waals surface area contributed by atoms with Gasteiger partial charge in [0.1, 0.15) is 11.5 Å². The SMILES string of the molecule is CCOc1ccc(-c2nc3ncccn3c2NCc2ccccc2)cc1OC. The van der Waals surface area contributed by atoms with Crippen LogP contribution in [0.4, 0.5) is 5.82 Å². The van der Waals surface area contributed by atoms with Crippen molar-refractivity contribution in [2.24, 2.45) is 0 Å². The molecule has 0 saturated heterocycles. The molecule has 0 spiro atoms. The zero-order valence-electron chi connectivity index (χ0n) is 15.9. The van der Waals surface area contributed by atoms with E-state index in [4.69, 9.17) is 14.5 Å². The van der Waals surface area contributed by atoms with Crippen LogP contribution >= 0.6 is 0 Å². The maximum Gasteiger partial charge on any atom is 0.235 e. The fourth-order valence-corrected chi connectivity index (χ4v) is 3.13. The molecule has 2 heterocycles. The largest absolute Gasteiger partial charge is 0.493 e. The summed E-state index contributed by atoms with van der Waals surface area (Å²) in [5, 5.41) is 3.52. The van der Waals surface area contributed by atoms with Gasteiger partial charge in [0.25, 0.3) is 0 Å². The van der Waals surface area contributed by atoms with Gasteiger partial charge in [-0.05, 0) is 36.8 Å². The number of benzene rings is 2. The van der Waals surface area contributed by atoms with Crippen molar-refractivity contribution >= 4 is 11.6 Å². The van der Waals surface area contributed by atoms with E-state index >= 15 is 0 Å². The Balaban J connectivity index is 1.76. The number of hydrogen-bond acceptors (Lipinski definition) is 5. The number of fused-ring (bicyclic) bond motifs is 1. The van der Waals surface area contributed by atoms with Crippen LogP contribution in [-0.2, 0) is 6.54 Å². The van der Waals surface area contributed by atoms with Gasteiger partial charge >= 0.3 is 0 Å². The summed E-state index contributed by atoms with van der Waals surface area (Å²) in [6, 6.07) is 18.0. The van der Waals surface area contributed by atoms with Crippen LogP contribution < -0.4 is 14.8 Å². The van der Waals surface area contributed by atoms with Gasteiger partial charge in [0.2, 0.25) is 5.78 Å². The molecule has 2 aromatic heterocycles. The first-order valence-electron chi connectivity index (χ1n) is 9.22. The molecule has 4 aromatic rings. The fourth-order valence-electron chi connectivity index (χ4n) is 3.13. The highest BCUT2D eigenvalue weighted by atomic mass is 16.5. The quantitative estimate of drug-likeness (QED) is 0.519. The number of hydrogen-bond donors (Lipinski definition) is 1. The van der Waals surface area contributed by atoms with Crippen LogP contribution in [0.2, 0.25) is 0 Å². The number of nitrogens with zero attached hydrogens (tertiary/aromatic N) is 3. The van der Waals surface area contributed by atoms with Crippen LogP contribution in [0.3, 0.4) is 0 Å². The molecule has 0 saturated carbocycles. The van der Waals surface area contributed by atoms with Crippen LogP contribution in [0.25, 0.3) is 17.0 Å². The Morgan fingerprint density at radius 1 is 1.04 bits per heavy atom. The second-order valence-corrected chi connectivity index (χ2v) is 6.24. The van der Waals surface area contributed by atoms with Gasteiger partial charge in [-0.15, -0.1) is 0 Å². The molecule has 6 heteroatoms. The lowest BCUT2D eigenvalue weighted by atomic mass is 10.1. The van der Waals surface area contributed by atoms with Gasteiger partial charge in [-0.2, -0.15) is 0 Å². The summed E-state index contributed by atoms with van der Waals surface area (Å²) in [6.07, 6.45) is 3.70. The summed E-state index contributed by atoms with van der Waals surface area (Å²) in [6.45, 7) is 3.22. The zero-order chi connectivity index (χ0) is 19.3. The third kappa shape index (κ3) is 3.49. The van der Waals surface area contributed by atoms with Crippen molar-refractivity contribution in [3.63, 3.8) is 0 Å². The van der Waals surface area contributed by atoms with Crippen molar-refractivity contribution in [3.8, 4) is 22.8 Å². The van der Waals surface area contributed by atoms with Crippen molar-refractivity contribution < 1.29 is 9.47 Å². The van der Waals surface area contributed by atoms with Crippen molar-refractivity contribution in [1.29, 1.82) is 0 Å². The van der Waals surface area contributed by atoms with Gasteiger partial charge in [-0.1, -0.05) is 30.3 Å². The lowest BCUT2D eigenvalue weighted by Crippen LogP contribution is -2.03. The lowest BCUT2D eigenvalue weighted by molar-refractivity contribution is 0.311. The van der Waals surface area contributed by atoms with E-state index in [9.17, 15) is 0 Å². The molecule has 28 heavy (non-hydrogen) atoms. The van der Waals surface area contributed by atoms with Gasteiger partial charge < -0.3 is 14.8 Å². The molecule has 4 rings (SSSR count). The van der Waals surface area contributed by atoms with Crippen LogP contribution in [0.1, 0.15) is 12.5 Å². The first-order valence-corrected chi connectivity index (χ1v) is 9.22. The molecule has 0 unspecified atom stereocenters. The van der Waals surface area contributed by atoms with E-state index in [1.807, 2.05) is 60.0 Å². The second kappa shape index (κ2) is 8.00. The predicted octanol–water partition coefficient (Wildman–Crippen LogP) is 4.42. The molecular formula is C22H22N4O2. The summed E-state index contributed by atoms with van der Waals surface area (Å²) < 4.78 is 13.1. The summed E-state index contributed by atoms with van der Waals surface area (Å²) in [5.74, 6) is 2.92. The van der Waals surface area contributed by atoms with Crippen LogP contribution in [0.15, 0.2) is 67.0 Å². The number of anilines is 1. The Morgan fingerprint density at radius 3 is 2.68 bits per heavy atom. The average molecular weight is 374 g/mol. The third-order valence-electron chi connectivity index (χ3n) is 4.44. The van der Waals surface area contributed by atoms with Crippen molar-refractivity contribution in [3.05, 3.63) is 72.6 Å². The van der Waals surface area contributed by atoms with Crippen LogP contribution in [0.5, 0.6) is 11.5 Å². The molecule has 2 aromatic carbocycles. The van der Waals surface area contributed by atoms with Crippen molar-refractivity contribution in [1.82, 2.24) is 14.4 Å². The molecule has 0 bridgehead atoms. The summed E-state index contributed by atoms with van der Waals surface area (Å²) in [5.41, 5.74) is 2.94. The van der Waals surface area contributed by atoms with E-state index in [1.54, 1.807) is 13.3 Å². The molecule has 0 atom stereocenters. The molecule has 0 aliphatic carbocycles. The predicted molar refractivity (Wildman–Crippen MR) is 110 cm³/mol. The smallest absolute Gasteiger partial charge is 0.235 e. The minimum atomic E-state index is 0.581. The molecule has 6 nitrogen and oxygen atoms in total. The molecule has 142 valence electrons. The van der Waals surface area contributed by atoms with Crippen LogP contribution in [0, 0.1) is 0 Å². The van der Waals surface area contributed by atoms with E-state index in [0.717, 1.165) is 22.8 Å². The number of aromatic nitrogens is 3. The maximum absolute atomic E-state index is 5.63. The average Bonchev–Trinajstić information content (AvgIpc) is 3.12. The van der Waals surface area contributed by atoms with Gasteiger partial charge in [0.15, 0.2) is 11.5 Å². The number of rotatable bonds is 7. The van der Waals surface area contributed by atoms with Gasteiger partial charge in [0, 0.05) is 24.5 Å². The van der Waals surface area contributed by atoms with Crippen LogP contribution in [-0.4, -0.2) is 28.1 Å². The van der Waals surface area contributed by atoms with Gasteiger partial charge in [-0.3, -0.25) is 4.40 Å². The highest BCUT2D eigenvalue weighted by Gasteiger charge is 2.16. The first-order chi connectivity index (χ1) is 13.8. The van der Waals surface area contributed by atoms with E-state index in [1.165, 1.54) is 5.56 Å². The summed E-state index contributed by atoms with van der Waals surface area (Å²) in [4.78, 5) is 9.13. The summed E-state index contributed by atoms with van der Waals surface area (Å²) in [7, 11) is 1.64. The van der Waals surface area contributed by atoms with E-state index in [0.29, 0.717) is 24.7 Å². The summed E-state index contributed by atoms with van der Waals surface area (Å²) >= 11 is 0. The first kappa shape index (κ1) is 17.9. The Bertz CT molecular complexity index is 1080. The highest BCUT2D eigenvalue weighted by Crippen LogP contribution is 2.35. The number of methoxy groups -OCH3 is 1. The monoisotopic (exact) mass is 374 g/mol. The topological polar surface area (TPSA) is 60.7 Å². The number of imidazole rings is 1. The number of ether oxygens (including phenoxy) is 2. The zero-order valence-corrected chi connectivity index (χ0v) is 15.9. The minimum absolute atomic E-state index is 0.581. The maximum atomic E-state index is 5.63. The Kier molecular flexibility index (Phi) is 5.10. The minimum Gasteiger partial charge on any atom is -0.493 e. The molecule has 0 aliphatic heterocycles. The lowest BCUT2D eigenvalue weighted by Gasteiger charge is -2.12. The normalized spacial score (nSPS) is 10.8. The van der Waals surface area contributed by atoms with Gasteiger partial charge in [-0.25, -0.2) is 9.97 Å². The molecule has 0 radical (unpaired) electrons. The Hall–Kier alpha value is -3.54. The third-order valence-corrected chi connectivity index (χ3v) is 4.44. The van der Waals surface area contributed by atoms with Gasteiger partial charge in [0.05, 0.1) is 13.7 Å². The van der Waals surface area contributed by atoms with E-state index in [-0.39, 0.29) is 0 Å². The molecule has 0 fully saturated rings. The molecule has 1 N–H and O–H groups in total. The van der Waals surface area contributed by atoms with E-state index < -0.39 is 0 Å². The fraction of sp³-hybridized carbons (Fsp3) is 0.182. The highest BCUT2D eigenvalue weighted by molar-refractivity contribution is 5.77. The number of nitrogens with one attached hydrogen (secondary N) is 1. The second-order valence-electron chi connectivity index (χ2n) is 6.24.